The van der Waals surface area contributed by atoms with Gasteiger partial charge in [0.1, 0.15) is 0 Å². The molecule has 0 radical (unpaired) electrons. The van der Waals surface area contributed by atoms with E-state index < -0.39 is 25.1 Å². The minimum Gasteiger partial charge on any atom is -0.493 e. The Morgan fingerprint density at radius 3 is 2.45 bits per heavy atom. The molecule has 0 spiro atoms. The number of nitrogens with one attached hydrogen (secondary N) is 1. The van der Waals surface area contributed by atoms with Gasteiger partial charge in [-0.2, -0.15) is 8.78 Å². The molecule has 156 valence electrons. The van der Waals surface area contributed by atoms with Crippen LogP contribution in [0.15, 0.2) is 36.4 Å². The SMILES string of the molecule is COc1cc(C(=O)OCC(=O)Nc2c(C)cccc2C(C)C)ccc1OC(F)F. The Kier molecular flexibility index (Phi) is 7.52. The number of halogens is 2. The molecular weight excluding hydrogens is 384 g/mol. The second-order valence-corrected chi connectivity index (χ2v) is 6.56. The molecule has 2 aromatic rings. The van der Waals surface area contributed by atoms with Crippen LogP contribution in [0.3, 0.4) is 0 Å². The summed E-state index contributed by atoms with van der Waals surface area (Å²) in [5, 5.41) is 2.78. The van der Waals surface area contributed by atoms with Gasteiger partial charge in [0.15, 0.2) is 18.1 Å². The maximum Gasteiger partial charge on any atom is 0.387 e. The Morgan fingerprint density at radius 1 is 1.10 bits per heavy atom. The number of benzene rings is 2. The second-order valence-electron chi connectivity index (χ2n) is 6.56. The highest BCUT2D eigenvalue weighted by atomic mass is 19.3. The van der Waals surface area contributed by atoms with E-state index in [0.717, 1.165) is 11.1 Å². The molecule has 0 aliphatic rings. The number of hydrogen-bond donors (Lipinski definition) is 1. The number of ether oxygens (including phenoxy) is 3. The third-order valence-corrected chi connectivity index (χ3v) is 4.14. The summed E-state index contributed by atoms with van der Waals surface area (Å²) in [5.74, 6) is -1.34. The van der Waals surface area contributed by atoms with Crippen molar-refractivity contribution >= 4 is 17.6 Å². The zero-order valence-corrected chi connectivity index (χ0v) is 16.6. The number of methoxy groups -OCH3 is 1. The van der Waals surface area contributed by atoms with Crippen LogP contribution >= 0.6 is 0 Å². The molecule has 0 saturated heterocycles. The maximum atomic E-state index is 12.4. The fourth-order valence-corrected chi connectivity index (χ4v) is 2.72. The second kappa shape index (κ2) is 9.86. The molecule has 0 heterocycles. The molecule has 1 amide bonds. The number of esters is 1. The third kappa shape index (κ3) is 5.91. The molecule has 29 heavy (non-hydrogen) atoms. The van der Waals surface area contributed by atoms with Crippen molar-refractivity contribution < 1.29 is 32.6 Å². The van der Waals surface area contributed by atoms with Crippen molar-refractivity contribution in [3.8, 4) is 11.5 Å². The predicted molar refractivity (Wildman–Crippen MR) is 104 cm³/mol. The fourth-order valence-electron chi connectivity index (χ4n) is 2.72. The first kappa shape index (κ1) is 22.1. The zero-order chi connectivity index (χ0) is 21.6. The lowest BCUT2D eigenvalue weighted by Gasteiger charge is -2.16. The van der Waals surface area contributed by atoms with E-state index in [1.807, 2.05) is 39.0 Å². The van der Waals surface area contributed by atoms with E-state index in [0.29, 0.717) is 5.69 Å². The number of rotatable bonds is 8. The molecule has 0 unspecified atom stereocenters. The van der Waals surface area contributed by atoms with Crippen molar-refractivity contribution in [2.45, 2.75) is 33.3 Å². The quantitative estimate of drug-likeness (QED) is 0.651. The summed E-state index contributed by atoms with van der Waals surface area (Å²) in [7, 11) is 1.25. The molecule has 0 aliphatic carbocycles. The van der Waals surface area contributed by atoms with Crippen molar-refractivity contribution in [3.63, 3.8) is 0 Å². The van der Waals surface area contributed by atoms with Gasteiger partial charge in [-0.25, -0.2) is 4.79 Å². The van der Waals surface area contributed by atoms with E-state index in [-0.39, 0.29) is 23.0 Å². The Hall–Kier alpha value is -3.16. The molecule has 6 nitrogen and oxygen atoms in total. The number of alkyl halides is 2. The van der Waals surface area contributed by atoms with Crippen LogP contribution in [-0.4, -0.2) is 32.2 Å². The van der Waals surface area contributed by atoms with E-state index in [1.165, 1.54) is 25.3 Å². The molecular formula is C21H23F2NO5. The van der Waals surface area contributed by atoms with E-state index in [9.17, 15) is 18.4 Å². The van der Waals surface area contributed by atoms with Gasteiger partial charge in [0.2, 0.25) is 0 Å². The summed E-state index contributed by atoms with van der Waals surface area (Å²) in [4.78, 5) is 24.5. The Bertz CT molecular complexity index is 883. The molecule has 2 aromatic carbocycles. The predicted octanol–water partition coefficient (Wildman–Crippen LogP) is 4.52. The fraction of sp³-hybridized carbons (Fsp3) is 0.333. The minimum absolute atomic E-state index is 0.0371. The molecule has 0 fully saturated rings. The normalized spacial score (nSPS) is 10.8. The lowest BCUT2D eigenvalue weighted by Crippen LogP contribution is -2.22. The molecule has 0 aliphatic heterocycles. The topological polar surface area (TPSA) is 73.9 Å². The van der Waals surface area contributed by atoms with E-state index >= 15 is 0 Å². The largest absolute Gasteiger partial charge is 0.493 e. The van der Waals surface area contributed by atoms with Gasteiger partial charge >= 0.3 is 12.6 Å². The standard InChI is InChI=1S/C21H23F2NO5/c1-12(2)15-7-5-6-13(3)19(15)24-18(25)11-28-20(26)14-8-9-16(29-21(22)23)17(10-14)27-4/h5-10,12,21H,11H2,1-4H3,(H,24,25). The van der Waals surface area contributed by atoms with Gasteiger partial charge in [-0.05, 0) is 42.2 Å². The van der Waals surface area contributed by atoms with Gasteiger partial charge in [0.05, 0.1) is 12.7 Å². The molecule has 8 heteroatoms. The lowest BCUT2D eigenvalue weighted by molar-refractivity contribution is -0.119. The van der Waals surface area contributed by atoms with Gasteiger partial charge < -0.3 is 19.5 Å². The third-order valence-electron chi connectivity index (χ3n) is 4.14. The average molecular weight is 407 g/mol. The number of hydrogen-bond acceptors (Lipinski definition) is 5. The van der Waals surface area contributed by atoms with E-state index in [1.54, 1.807) is 0 Å². The molecule has 2 rings (SSSR count). The molecule has 0 aromatic heterocycles. The van der Waals surface area contributed by atoms with E-state index in [2.05, 4.69) is 10.1 Å². The number of carbonyl (C=O) groups excluding carboxylic acids is 2. The van der Waals surface area contributed by atoms with Crippen LogP contribution in [0, 0.1) is 6.92 Å². The number of carbonyl (C=O) groups is 2. The summed E-state index contributed by atoms with van der Waals surface area (Å²) >= 11 is 0. The summed E-state index contributed by atoms with van der Waals surface area (Å²) in [6.07, 6.45) is 0. The summed E-state index contributed by atoms with van der Waals surface area (Å²) in [6.45, 7) is 2.38. The van der Waals surface area contributed by atoms with Crippen LogP contribution in [0.4, 0.5) is 14.5 Å². The summed E-state index contributed by atoms with van der Waals surface area (Å²) in [6, 6.07) is 9.34. The monoisotopic (exact) mass is 407 g/mol. The molecule has 0 saturated carbocycles. The highest BCUT2D eigenvalue weighted by Gasteiger charge is 2.17. The van der Waals surface area contributed by atoms with Gasteiger partial charge in [-0.3, -0.25) is 4.79 Å². The number of aryl methyl sites for hydroxylation is 1. The van der Waals surface area contributed by atoms with Crippen molar-refractivity contribution in [2.75, 3.05) is 19.0 Å². The molecule has 0 bridgehead atoms. The van der Waals surface area contributed by atoms with Crippen molar-refractivity contribution in [2.24, 2.45) is 0 Å². The first-order chi connectivity index (χ1) is 13.7. The lowest BCUT2D eigenvalue weighted by atomic mass is 9.98. The summed E-state index contributed by atoms with van der Waals surface area (Å²) < 4.78 is 39.0. The summed E-state index contributed by atoms with van der Waals surface area (Å²) in [5.41, 5.74) is 2.60. The molecule has 1 N–H and O–H groups in total. The van der Waals surface area contributed by atoms with Crippen LogP contribution in [0.25, 0.3) is 0 Å². The van der Waals surface area contributed by atoms with E-state index in [4.69, 9.17) is 9.47 Å². The van der Waals surface area contributed by atoms with Crippen molar-refractivity contribution in [1.29, 1.82) is 0 Å². The Balaban J connectivity index is 2.03. The highest BCUT2D eigenvalue weighted by Crippen LogP contribution is 2.30. The van der Waals surface area contributed by atoms with Gasteiger partial charge in [0.25, 0.3) is 5.91 Å². The van der Waals surface area contributed by atoms with Gasteiger partial charge in [-0.1, -0.05) is 32.0 Å². The first-order valence-electron chi connectivity index (χ1n) is 8.92. The van der Waals surface area contributed by atoms with Gasteiger partial charge in [0, 0.05) is 5.69 Å². The first-order valence-corrected chi connectivity index (χ1v) is 8.92. The van der Waals surface area contributed by atoms with Gasteiger partial charge in [-0.15, -0.1) is 0 Å². The van der Waals surface area contributed by atoms with Crippen LogP contribution in [0.5, 0.6) is 11.5 Å². The van der Waals surface area contributed by atoms with Crippen molar-refractivity contribution in [1.82, 2.24) is 0 Å². The number of amides is 1. The minimum atomic E-state index is -3.03. The van der Waals surface area contributed by atoms with Crippen LogP contribution in [0.2, 0.25) is 0 Å². The average Bonchev–Trinajstić information content (AvgIpc) is 2.67. The number of para-hydroxylation sites is 1. The number of anilines is 1. The Labute approximate surface area is 167 Å². The molecule has 0 atom stereocenters. The van der Waals surface area contributed by atoms with Crippen LogP contribution < -0.4 is 14.8 Å². The highest BCUT2D eigenvalue weighted by molar-refractivity contribution is 5.96. The Morgan fingerprint density at radius 2 is 1.83 bits per heavy atom. The smallest absolute Gasteiger partial charge is 0.387 e. The van der Waals surface area contributed by atoms with Crippen LogP contribution in [0.1, 0.15) is 41.3 Å². The zero-order valence-electron chi connectivity index (χ0n) is 16.6. The maximum absolute atomic E-state index is 12.4. The van der Waals surface area contributed by atoms with Crippen molar-refractivity contribution in [3.05, 3.63) is 53.1 Å². The van der Waals surface area contributed by atoms with Crippen LogP contribution in [-0.2, 0) is 9.53 Å².